The lowest BCUT2D eigenvalue weighted by Crippen LogP contribution is -2.36. The summed E-state index contributed by atoms with van der Waals surface area (Å²) in [6, 6.07) is 10.4. The Hall–Kier alpha value is -1.99. The molecule has 2 aromatic carbocycles. The molecule has 1 aliphatic rings. The number of halogens is 5. The number of aliphatic hydroxyl groups excluding tert-OH is 1. The fraction of sp³-hybridized carbons (Fsp3) is 0.167. The second kappa shape index (κ2) is 6.96. The van der Waals surface area contributed by atoms with E-state index >= 15 is 0 Å². The smallest absolute Gasteiger partial charge is 0.416 e. The number of hydrogen-bond donors (Lipinski definition) is 1. The van der Waals surface area contributed by atoms with Crippen molar-refractivity contribution in [3.05, 3.63) is 69.9 Å². The van der Waals surface area contributed by atoms with Gasteiger partial charge in [0.05, 0.1) is 11.6 Å². The van der Waals surface area contributed by atoms with Crippen LogP contribution in [0.4, 0.5) is 18.9 Å². The Balaban J connectivity index is 2.01. The number of amides is 1. The maximum atomic E-state index is 12.7. The van der Waals surface area contributed by atoms with Gasteiger partial charge in [-0.3, -0.25) is 9.69 Å². The fourth-order valence-corrected chi connectivity index (χ4v) is 3.43. The largest absolute Gasteiger partial charge is 0.503 e. The molecule has 1 N–H and O–H groups in total. The maximum absolute atomic E-state index is 12.7. The van der Waals surface area contributed by atoms with Crippen molar-refractivity contribution >= 4 is 44.7 Å². The van der Waals surface area contributed by atoms with E-state index in [1.54, 1.807) is 24.3 Å². The maximum Gasteiger partial charge on any atom is 0.416 e. The van der Waals surface area contributed by atoms with Crippen LogP contribution in [0.1, 0.15) is 11.1 Å². The highest BCUT2D eigenvalue weighted by Gasteiger charge is 2.41. The van der Waals surface area contributed by atoms with Crippen molar-refractivity contribution < 1.29 is 23.1 Å². The van der Waals surface area contributed by atoms with Crippen molar-refractivity contribution in [2.75, 3.05) is 10.8 Å². The van der Waals surface area contributed by atoms with Gasteiger partial charge in [-0.1, -0.05) is 28.1 Å². The van der Waals surface area contributed by atoms with Crippen LogP contribution in [0, 0.1) is 0 Å². The SMILES string of the molecule is O=C1C(O)=C(c2ccc(C(F)(F)F)cc2)C(CCl)N1c1ccc(Br)cc1. The van der Waals surface area contributed by atoms with E-state index in [-0.39, 0.29) is 11.5 Å². The van der Waals surface area contributed by atoms with Crippen LogP contribution >= 0.6 is 27.5 Å². The van der Waals surface area contributed by atoms with Crippen molar-refractivity contribution in [2.24, 2.45) is 0 Å². The Morgan fingerprint density at radius 1 is 1.08 bits per heavy atom. The lowest BCUT2D eigenvalue weighted by molar-refractivity contribution is -0.137. The highest BCUT2D eigenvalue weighted by Crippen LogP contribution is 2.38. The summed E-state index contributed by atoms with van der Waals surface area (Å²) >= 11 is 9.34. The zero-order valence-electron chi connectivity index (χ0n) is 13.1. The monoisotopic (exact) mass is 445 g/mol. The van der Waals surface area contributed by atoms with Gasteiger partial charge in [0.15, 0.2) is 5.76 Å². The van der Waals surface area contributed by atoms with Crippen LogP contribution in [0.2, 0.25) is 0 Å². The summed E-state index contributed by atoms with van der Waals surface area (Å²) in [6.45, 7) is 0. The third kappa shape index (κ3) is 3.33. The summed E-state index contributed by atoms with van der Waals surface area (Å²) in [5.74, 6) is -1.19. The number of benzene rings is 2. The zero-order chi connectivity index (χ0) is 19.1. The quantitative estimate of drug-likeness (QED) is 0.642. The molecule has 0 fully saturated rings. The van der Waals surface area contributed by atoms with Gasteiger partial charge in [0.25, 0.3) is 5.91 Å². The van der Waals surface area contributed by atoms with E-state index in [0.717, 1.165) is 16.6 Å². The first-order valence-electron chi connectivity index (χ1n) is 7.50. The first-order chi connectivity index (χ1) is 12.2. The van der Waals surface area contributed by atoms with Crippen LogP contribution in [0.15, 0.2) is 58.8 Å². The van der Waals surface area contributed by atoms with E-state index in [2.05, 4.69) is 15.9 Å². The summed E-state index contributed by atoms with van der Waals surface area (Å²) < 4.78 is 39.1. The number of anilines is 1. The summed E-state index contributed by atoms with van der Waals surface area (Å²) in [7, 11) is 0. The molecule has 2 aromatic rings. The first kappa shape index (κ1) is 18.8. The van der Waals surface area contributed by atoms with E-state index in [9.17, 15) is 23.1 Å². The third-order valence-electron chi connectivity index (χ3n) is 4.10. The molecule has 1 unspecified atom stereocenters. The van der Waals surface area contributed by atoms with Gasteiger partial charge in [0.1, 0.15) is 0 Å². The molecule has 136 valence electrons. The molecule has 0 aromatic heterocycles. The molecule has 26 heavy (non-hydrogen) atoms. The van der Waals surface area contributed by atoms with E-state index in [1.165, 1.54) is 17.0 Å². The number of carbonyl (C=O) groups is 1. The third-order valence-corrected chi connectivity index (χ3v) is 4.92. The summed E-state index contributed by atoms with van der Waals surface area (Å²) in [5.41, 5.74) is 0.242. The molecule has 1 atom stereocenters. The standard InChI is InChI=1S/C18H12BrClF3NO2/c19-12-5-7-13(8-6-12)24-14(9-20)15(16(25)17(24)26)10-1-3-11(4-2-10)18(21,22)23/h1-8,14,25H,9H2. The topological polar surface area (TPSA) is 40.5 Å². The Morgan fingerprint density at radius 3 is 2.15 bits per heavy atom. The van der Waals surface area contributed by atoms with Gasteiger partial charge in [-0.2, -0.15) is 13.2 Å². The molecule has 1 aliphatic heterocycles. The molecule has 0 aliphatic carbocycles. The zero-order valence-corrected chi connectivity index (χ0v) is 15.4. The summed E-state index contributed by atoms with van der Waals surface area (Å²) in [6.07, 6.45) is -4.46. The summed E-state index contributed by atoms with van der Waals surface area (Å²) in [4.78, 5) is 13.9. The second-order valence-electron chi connectivity index (χ2n) is 5.66. The number of nitrogens with zero attached hydrogens (tertiary/aromatic N) is 1. The van der Waals surface area contributed by atoms with Crippen LogP contribution < -0.4 is 4.90 Å². The molecular weight excluding hydrogens is 435 g/mol. The molecule has 1 heterocycles. The van der Waals surface area contributed by atoms with Crippen LogP contribution in [-0.2, 0) is 11.0 Å². The number of hydrogen-bond acceptors (Lipinski definition) is 2. The molecule has 0 saturated heterocycles. The molecule has 3 rings (SSSR count). The average Bonchev–Trinajstić information content (AvgIpc) is 2.86. The lowest BCUT2D eigenvalue weighted by Gasteiger charge is -2.25. The molecular formula is C18H12BrClF3NO2. The number of rotatable bonds is 3. The second-order valence-corrected chi connectivity index (χ2v) is 6.88. The highest BCUT2D eigenvalue weighted by atomic mass is 79.9. The van der Waals surface area contributed by atoms with E-state index < -0.39 is 29.4 Å². The number of carbonyl (C=O) groups excluding carboxylic acids is 1. The van der Waals surface area contributed by atoms with Crippen LogP contribution in [0.3, 0.4) is 0 Å². The molecule has 0 bridgehead atoms. The van der Waals surface area contributed by atoms with E-state index in [1.807, 2.05) is 0 Å². The Bertz CT molecular complexity index is 864. The van der Waals surface area contributed by atoms with E-state index in [4.69, 9.17) is 11.6 Å². The molecule has 0 spiro atoms. The normalized spacial score (nSPS) is 18.0. The molecule has 8 heteroatoms. The van der Waals surface area contributed by atoms with Gasteiger partial charge in [-0.05, 0) is 42.0 Å². The van der Waals surface area contributed by atoms with Crippen molar-refractivity contribution in [3.8, 4) is 0 Å². The predicted octanol–water partition coefficient (Wildman–Crippen LogP) is 5.39. The summed E-state index contributed by atoms with van der Waals surface area (Å²) in [5, 5.41) is 10.3. The Labute approximate surface area is 160 Å². The van der Waals surface area contributed by atoms with Crippen molar-refractivity contribution in [3.63, 3.8) is 0 Å². The van der Waals surface area contributed by atoms with Crippen LogP contribution in [0.25, 0.3) is 5.57 Å². The molecule has 0 radical (unpaired) electrons. The minimum absolute atomic E-state index is 0.0256. The van der Waals surface area contributed by atoms with Crippen molar-refractivity contribution in [1.29, 1.82) is 0 Å². The van der Waals surface area contributed by atoms with Gasteiger partial charge in [-0.25, -0.2) is 0 Å². The molecule has 1 amide bonds. The van der Waals surface area contributed by atoms with Crippen molar-refractivity contribution in [2.45, 2.75) is 12.2 Å². The molecule has 0 saturated carbocycles. The Kier molecular flexibility index (Phi) is 5.03. The highest BCUT2D eigenvalue weighted by molar-refractivity contribution is 9.10. The van der Waals surface area contributed by atoms with Crippen LogP contribution in [-0.4, -0.2) is 22.9 Å². The van der Waals surface area contributed by atoms with Crippen LogP contribution in [0.5, 0.6) is 0 Å². The van der Waals surface area contributed by atoms with Gasteiger partial charge in [0, 0.05) is 21.6 Å². The minimum atomic E-state index is -4.46. The van der Waals surface area contributed by atoms with E-state index in [0.29, 0.717) is 11.3 Å². The number of alkyl halides is 4. The fourth-order valence-electron chi connectivity index (χ4n) is 2.87. The van der Waals surface area contributed by atoms with Gasteiger partial charge < -0.3 is 5.11 Å². The van der Waals surface area contributed by atoms with Crippen molar-refractivity contribution in [1.82, 2.24) is 0 Å². The first-order valence-corrected chi connectivity index (χ1v) is 8.82. The van der Waals surface area contributed by atoms with Gasteiger partial charge >= 0.3 is 6.18 Å². The predicted molar refractivity (Wildman–Crippen MR) is 97.1 cm³/mol. The van der Waals surface area contributed by atoms with Gasteiger partial charge in [-0.15, -0.1) is 11.6 Å². The minimum Gasteiger partial charge on any atom is -0.503 e. The molecule has 3 nitrogen and oxygen atoms in total. The lowest BCUT2D eigenvalue weighted by atomic mass is 9.98. The Morgan fingerprint density at radius 2 is 1.65 bits per heavy atom. The average molecular weight is 447 g/mol. The number of aliphatic hydroxyl groups is 1. The van der Waals surface area contributed by atoms with Gasteiger partial charge in [0.2, 0.25) is 0 Å².